The van der Waals surface area contributed by atoms with Gasteiger partial charge in [-0.15, -0.1) is 0 Å². The van der Waals surface area contributed by atoms with Crippen LogP contribution in [0.1, 0.15) is 47.7 Å². The standard InChI is InChI=1S/C25H24N4O6/c1-14-22-17(28-27-15-7-5-4-6-8-15)11-25(2,3)12-21(22)35-23(14)24(30)26-16-9-19-20(34-13-33-19)10-18(16)29(31)32/h4-10,27H,11-13H2,1-3H3,(H,26,30)/b28-17-. The fourth-order valence-corrected chi connectivity index (χ4v) is 4.43. The van der Waals surface area contributed by atoms with Crippen molar-refractivity contribution in [1.82, 2.24) is 0 Å². The number of para-hydroxylation sites is 1. The van der Waals surface area contributed by atoms with Gasteiger partial charge in [-0.25, -0.2) is 0 Å². The highest BCUT2D eigenvalue weighted by Gasteiger charge is 2.36. The van der Waals surface area contributed by atoms with E-state index in [1.165, 1.54) is 12.1 Å². The number of furan rings is 1. The number of benzene rings is 2. The topological polar surface area (TPSA) is 128 Å². The Morgan fingerprint density at radius 3 is 2.54 bits per heavy atom. The summed E-state index contributed by atoms with van der Waals surface area (Å²) in [6, 6.07) is 12.2. The second-order valence-corrected chi connectivity index (χ2v) is 9.34. The third-order valence-electron chi connectivity index (χ3n) is 6.03. The molecule has 2 aromatic carbocycles. The monoisotopic (exact) mass is 476 g/mol. The van der Waals surface area contributed by atoms with Crippen molar-refractivity contribution in [3.8, 4) is 11.5 Å². The Balaban J connectivity index is 1.48. The van der Waals surface area contributed by atoms with E-state index >= 15 is 0 Å². The number of hydrogen-bond donors (Lipinski definition) is 2. The predicted molar refractivity (Wildman–Crippen MR) is 129 cm³/mol. The molecule has 0 radical (unpaired) electrons. The quantitative estimate of drug-likeness (QED) is 0.379. The predicted octanol–water partition coefficient (Wildman–Crippen LogP) is 5.27. The van der Waals surface area contributed by atoms with Crippen LogP contribution < -0.4 is 20.2 Å². The fourth-order valence-electron chi connectivity index (χ4n) is 4.43. The van der Waals surface area contributed by atoms with Crippen LogP contribution in [-0.4, -0.2) is 23.3 Å². The summed E-state index contributed by atoms with van der Waals surface area (Å²) in [5, 5.41) is 18.8. The number of nitro groups is 1. The van der Waals surface area contributed by atoms with E-state index in [-0.39, 0.29) is 35.1 Å². The molecule has 2 aliphatic rings. The van der Waals surface area contributed by atoms with Gasteiger partial charge in [0.25, 0.3) is 11.6 Å². The lowest BCUT2D eigenvalue weighted by Gasteiger charge is -2.29. The maximum Gasteiger partial charge on any atom is 0.296 e. The third kappa shape index (κ3) is 4.30. The lowest BCUT2D eigenvalue weighted by atomic mass is 9.75. The van der Waals surface area contributed by atoms with Crippen LogP contribution in [0.15, 0.2) is 52.0 Å². The number of amides is 1. The zero-order valence-corrected chi connectivity index (χ0v) is 19.5. The van der Waals surface area contributed by atoms with E-state index in [2.05, 4.69) is 29.7 Å². The second kappa shape index (κ2) is 8.46. The van der Waals surface area contributed by atoms with E-state index in [9.17, 15) is 14.9 Å². The van der Waals surface area contributed by atoms with Gasteiger partial charge in [0, 0.05) is 23.6 Å². The Hall–Kier alpha value is -4.34. The van der Waals surface area contributed by atoms with E-state index in [0.29, 0.717) is 29.9 Å². The summed E-state index contributed by atoms with van der Waals surface area (Å²) < 4.78 is 16.6. The number of fused-ring (bicyclic) bond motifs is 2. The number of rotatable bonds is 5. The van der Waals surface area contributed by atoms with Crippen molar-refractivity contribution >= 4 is 28.7 Å². The molecule has 0 bridgehead atoms. The fraction of sp³-hybridized carbons (Fsp3) is 0.280. The maximum atomic E-state index is 13.2. The molecule has 0 fully saturated rings. The molecule has 2 heterocycles. The van der Waals surface area contributed by atoms with E-state index in [1.807, 2.05) is 30.3 Å². The second-order valence-electron chi connectivity index (χ2n) is 9.34. The van der Waals surface area contributed by atoms with Gasteiger partial charge in [0.05, 0.1) is 22.4 Å². The number of carbonyl (C=O) groups is 1. The summed E-state index contributed by atoms with van der Waals surface area (Å²) in [4.78, 5) is 24.2. The first-order valence-electron chi connectivity index (χ1n) is 11.1. The molecule has 1 amide bonds. The van der Waals surface area contributed by atoms with Crippen molar-refractivity contribution in [2.45, 2.75) is 33.6 Å². The summed E-state index contributed by atoms with van der Waals surface area (Å²) >= 11 is 0. The van der Waals surface area contributed by atoms with Crippen molar-refractivity contribution in [3.63, 3.8) is 0 Å². The molecule has 0 saturated carbocycles. The number of ether oxygens (including phenoxy) is 2. The Morgan fingerprint density at radius 2 is 1.83 bits per heavy atom. The molecule has 0 unspecified atom stereocenters. The normalized spacial score (nSPS) is 16.6. The molecular formula is C25H24N4O6. The molecular weight excluding hydrogens is 452 g/mol. The molecule has 3 aromatic rings. The van der Waals surface area contributed by atoms with E-state index < -0.39 is 10.8 Å². The van der Waals surface area contributed by atoms with Crippen molar-refractivity contribution < 1.29 is 23.6 Å². The van der Waals surface area contributed by atoms with Crippen LogP contribution in [0.5, 0.6) is 11.5 Å². The molecule has 35 heavy (non-hydrogen) atoms. The largest absolute Gasteiger partial charge is 0.455 e. The molecule has 2 N–H and O–H groups in total. The van der Waals surface area contributed by atoms with Crippen molar-refractivity contribution in [1.29, 1.82) is 0 Å². The third-order valence-corrected chi connectivity index (χ3v) is 6.03. The lowest BCUT2D eigenvalue weighted by Crippen LogP contribution is -2.27. The molecule has 1 aliphatic heterocycles. The first-order valence-corrected chi connectivity index (χ1v) is 11.1. The number of hydrogen-bond acceptors (Lipinski definition) is 8. The van der Waals surface area contributed by atoms with Gasteiger partial charge in [0.15, 0.2) is 17.3 Å². The highest BCUT2D eigenvalue weighted by Crippen LogP contribution is 2.42. The summed E-state index contributed by atoms with van der Waals surface area (Å²) in [5.74, 6) is 0.745. The zero-order chi connectivity index (χ0) is 24.7. The van der Waals surface area contributed by atoms with Crippen molar-refractivity contribution in [2.24, 2.45) is 10.5 Å². The van der Waals surface area contributed by atoms with Gasteiger partial charge in [-0.05, 0) is 30.9 Å². The highest BCUT2D eigenvalue weighted by molar-refractivity contribution is 6.10. The van der Waals surface area contributed by atoms with Crippen LogP contribution in [0, 0.1) is 22.5 Å². The molecule has 10 heteroatoms. The van der Waals surface area contributed by atoms with Gasteiger partial charge in [-0.1, -0.05) is 32.0 Å². The van der Waals surface area contributed by atoms with Crippen molar-refractivity contribution in [2.75, 3.05) is 17.5 Å². The van der Waals surface area contributed by atoms with Crippen LogP contribution in [0.3, 0.4) is 0 Å². The number of carbonyl (C=O) groups excluding carboxylic acids is 1. The number of nitrogens with zero attached hydrogens (tertiary/aromatic N) is 2. The van der Waals surface area contributed by atoms with Gasteiger partial charge < -0.3 is 19.2 Å². The zero-order valence-electron chi connectivity index (χ0n) is 19.5. The smallest absolute Gasteiger partial charge is 0.296 e. The van der Waals surface area contributed by atoms with Crippen LogP contribution in [0.25, 0.3) is 0 Å². The summed E-state index contributed by atoms with van der Waals surface area (Å²) in [5.41, 5.74) is 5.71. The average molecular weight is 476 g/mol. The van der Waals surface area contributed by atoms with Gasteiger partial charge in [-0.2, -0.15) is 5.10 Å². The number of anilines is 2. The first kappa shape index (κ1) is 22.5. The molecule has 10 nitrogen and oxygen atoms in total. The van der Waals surface area contributed by atoms with Crippen LogP contribution in [0.2, 0.25) is 0 Å². The van der Waals surface area contributed by atoms with Gasteiger partial charge >= 0.3 is 0 Å². The Bertz CT molecular complexity index is 1360. The number of nitrogens with one attached hydrogen (secondary N) is 2. The molecule has 5 rings (SSSR count). The minimum atomic E-state index is -0.591. The number of hydrazone groups is 1. The van der Waals surface area contributed by atoms with Gasteiger partial charge in [0.2, 0.25) is 6.79 Å². The molecule has 0 spiro atoms. The molecule has 1 aliphatic carbocycles. The SMILES string of the molecule is Cc1c(C(=O)Nc2cc3c(cc2[N+](=O)[O-])OCO3)oc2c1/C(=N\Nc1ccccc1)CC(C)(C)C2. The average Bonchev–Trinajstić information content (AvgIpc) is 3.40. The molecule has 1 aromatic heterocycles. The summed E-state index contributed by atoms with van der Waals surface area (Å²) in [7, 11) is 0. The molecule has 0 saturated heterocycles. The lowest BCUT2D eigenvalue weighted by molar-refractivity contribution is -0.384. The Labute approximate surface area is 201 Å². The summed E-state index contributed by atoms with van der Waals surface area (Å²) in [6.45, 7) is 5.98. The maximum absolute atomic E-state index is 13.2. The number of nitro benzene ring substituents is 1. The van der Waals surface area contributed by atoms with E-state index in [1.54, 1.807) is 6.92 Å². The van der Waals surface area contributed by atoms with E-state index in [4.69, 9.17) is 13.9 Å². The van der Waals surface area contributed by atoms with Crippen molar-refractivity contribution in [3.05, 3.63) is 75.2 Å². The van der Waals surface area contributed by atoms with Crippen LogP contribution in [0.4, 0.5) is 17.1 Å². The minimum Gasteiger partial charge on any atom is -0.455 e. The van der Waals surface area contributed by atoms with Gasteiger partial charge in [0.1, 0.15) is 11.4 Å². The van der Waals surface area contributed by atoms with Crippen LogP contribution in [-0.2, 0) is 6.42 Å². The Kier molecular flexibility index (Phi) is 5.43. The first-order chi connectivity index (χ1) is 16.7. The molecule has 0 atom stereocenters. The van der Waals surface area contributed by atoms with Crippen LogP contribution >= 0.6 is 0 Å². The highest BCUT2D eigenvalue weighted by atomic mass is 16.7. The summed E-state index contributed by atoms with van der Waals surface area (Å²) in [6.07, 6.45) is 1.32. The van der Waals surface area contributed by atoms with Gasteiger partial charge in [-0.3, -0.25) is 20.3 Å². The van der Waals surface area contributed by atoms with E-state index in [0.717, 1.165) is 17.0 Å². The Morgan fingerprint density at radius 1 is 1.11 bits per heavy atom. The molecule has 180 valence electrons. The minimum absolute atomic E-state index is 0.00186.